The number of aliphatic imine (C=N–C) groups is 1. The highest BCUT2D eigenvalue weighted by Gasteiger charge is 2.15. The van der Waals surface area contributed by atoms with Crippen molar-refractivity contribution < 1.29 is 17.6 Å². The van der Waals surface area contributed by atoms with Gasteiger partial charge in [-0.25, -0.2) is 27.6 Å². The molecule has 37 heavy (non-hydrogen) atoms. The van der Waals surface area contributed by atoms with Crippen LogP contribution in [0.4, 0.5) is 26.5 Å². The number of urea groups is 1. The van der Waals surface area contributed by atoms with Crippen molar-refractivity contribution in [1.82, 2.24) is 9.97 Å². The third-order valence-electron chi connectivity index (χ3n) is 4.89. The molecule has 0 bridgehead atoms. The molecule has 0 saturated heterocycles. The van der Waals surface area contributed by atoms with Crippen LogP contribution in [-0.2, 0) is 9.84 Å². The molecule has 1 aromatic heterocycles. The number of aromatic nitrogens is 2. The van der Waals surface area contributed by atoms with Gasteiger partial charge in [-0.05, 0) is 68.8 Å². The zero-order valence-electron chi connectivity index (χ0n) is 20.8. The number of halogens is 1. The van der Waals surface area contributed by atoms with Gasteiger partial charge in [-0.1, -0.05) is 6.07 Å². The molecule has 3 aromatic rings. The van der Waals surface area contributed by atoms with Crippen LogP contribution in [0.3, 0.4) is 0 Å². The maximum Gasteiger partial charge on any atom is 0.323 e. The Bertz CT molecular complexity index is 1480. The number of anilines is 3. The molecule has 0 unspecified atom stereocenters. The highest BCUT2D eigenvalue weighted by molar-refractivity contribution is 7.90. The van der Waals surface area contributed by atoms with Gasteiger partial charge in [-0.15, -0.1) is 0 Å². The Morgan fingerprint density at radius 2 is 1.76 bits per heavy atom. The number of sulfone groups is 1. The summed E-state index contributed by atoms with van der Waals surface area (Å²) in [7, 11) is -3.38. The second-order valence-electron chi connectivity index (χ2n) is 9.13. The summed E-state index contributed by atoms with van der Waals surface area (Å²) in [5.74, 6) is -0.640. The van der Waals surface area contributed by atoms with Crippen LogP contribution in [0.25, 0.3) is 11.3 Å². The Hall–Kier alpha value is -4.32. The number of hydrogen-bond donors (Lipinski definition) is 4. The van der Waals surface area contributed by atoms with E-state index in [2.05, 4.69) is 25.6 Å². The van der Waals surface area contributed by atoms with E-state index in [1.54, 1.807) is 12.3 Å². The fourth-order valence-corrected chi connectivity index (χ4v) is 3.71. The Balaban J connectivity index is 1.94. The van der Waals surface area contributed by atoms with Crippen molar-refractivity contribution in [3.05, 3.63) is 71.8 Å². The van der Waals surface area contributed by atoms with Crippen molar-refractivity contribution in [1.29, 1.82) is 0 Å². The number of nitrogens with zero attached hydrogens (tertiary/aromatic N) is 3. The van der Waals surface area contributed by atoms with Crippen LogP contribution in [0.1, 0.15) is 32.0 Å². The minimum atomic E-state index is -3.38. The van der Waals surface area contributed by atoms with E-state index in [4.69, 9.17) is 11.5 Å². The topological polar surface area (TPSA) is 165 Å². The summed E-state index contributed by atoms with van der Waals surface area (Å²) in [6, 6.07) is 10.6. The molecule has 12 heteroatoms. The van der Waals surface area contributed by atoms with Gasteiger partial charge in [0.05, 0.1) is 27.5 Å². The van der Waals surface area contributed by atoms with Gasteiger partial charge in [0.2, 0.25) is 5.95 Å². The van der Waals surface area contributed by atoms with Crippen LogP contribution in [0.15, 0.2) is 64.6 Å². The first-order valence-corrected chi connectivity index (χ1v) is 12.9. The quantitative estimate of drug-likeness (QED) is 0.354. The second kappa shape index (κ2) is 10.7. The van der Waals surface area contributed by atoms with Gasteiger partial charge in [0, 0.05) is 29.9 Å². The van der Waals surface area contributed by atoms with Crippen LogP contribution in [0.2, 0.25) is 0 Å². The number of hydrogen-bond acceptors (Lipinski definition) is 8. The zero-order valence-corrected chi connectivity index (χ0v) is 21.6. The lowest BCUT2D eigenvalue weighted by atomic mass is 10.0. The smallest absolute Gasteiger partial charge is 0.323 e. The van der Waals surface area contributed by atoms with E-state index in [1.165, 1.54) is 48.7 Å². The Morgan fingerprint density at radius 3 is 2.35 bits per heavy atom. The summed E-state index contributed by atoms with van der Waals surface area (Å²) in [5, 5.41) is 5.00. The average Bonchev–Trinajstić information content (AvgIpc) is 2.80. The van der Waals surface area contributed by atoms with Crippen molar-refractivity contribution in [2.24, 2.45) is 10.7 Å². The molecule has 1 heterocycles. The number of rotatable bonds is 6. The molecule has 0 atom stereocenters. The Labute approximate surface area is 214 Å². The molecule has 0 spiro atoms. The van der Waals surface area contributed by atoms with Crippen LogP contribution >= 0.6 is 0 Å². The van der Waals surface area contributed by atoms with E-state index >= 15 is 0 Å². The molecule has 2 amide bonds. The van der Waals surface area contributed by atoms with E-state index in [0.717, 1.165) is 6.26 Å². The number of carbonyl (C=O) groups is 1. The standard InChI is InChI=1S/C25H28FN7O3S/c1-25(2,3)30-14-18(22(27)20-11-12-29-23(28)32-20)15-5-10-19(26)21(13-15)33-24(34)31-16-6-8-17(9-7-16)37(4,35)36/h5-14H,27H2,1-4H3,(H2,28,29,32)(H2,31,33,34). The van der Waals surface area contributed by atoms with Crippen LogP contribution in [-0.4, -0.2) is 42.4 Å². The van der Waals surface area contributed by atoms with Gasteiger partial charge in [-0.3, -0.25) is 4.99 Å². The van der Waals surface area contributed by atoms with Gasteiger partial charge in [0.15, 0.2) is 9.84 Å². The molecular formula is C25H28FN7O3S. The third kappa shape index (κ3) is 7.58. The van der Waals surface area contributed by atoms with Crippen molar-refractivity contribution in [3.8, 4) is 0 Å². The van der Waals surface area contributed by atoms with Gasteiger partial charge >= 0.3 is 6.03 Å². The summed E-state index contributed by atoms with van der Waals surface area (Å²) in [4.78, 5) is 25.2. The predicted molar refractivity (Wildman–Crippen MR) is 144 cm³/mol. The number of nitrogens with one attached hydrogen (secondary N) is 2. The zero-order chi connectivity index (χ0) is 27.4. The molecule has 0 radical (unpaired) electrons. The fraction of sp³-hybridized carbons (Fsp3) is 0.200. The molecule has 0 fully saturated rings. The highest BCUT2D eigenvalue weighted by atomic mass is 32.2. The van der Waals surface area contributed by atoms with Gasteiger partial charge in [0.25, 0.3) is 0 Å². The van der Waals surface area contributed by atoms with Crippen molar-refractivity contribution in [3.63, 3.8) is 0 Å². The minimum Gasteiger partial charge on any atom is -0.396 e. The Morgan fingerprint density at radius 1 is 1.08 bits per heavy atom. The van der Waals surface area contributed by atoms with E-state index in [1.807, 2.05) is 20.8 Å². The van der Waals surface area contributed by atoms with E-state index < -0.39 is 27.2 Å². The molecule has 0 aliphatic carbocycles. The molecule has 6 N–H and O–H groups in total. The molecule has 2 aromatic carbocycles. The number of benzene rings is 2. The first-order valence-electron chi connectivity index (χ1n) is 11.0. The largest absolute Gasteiger partial charge is 0.396 e. The van der Waals surface area contributed by atoms with Gasteiger partial charge in [0.1, 0.15) is 5.82 Å². The maximum absolute atomic E-state index is 14.6. The lowest BCUT2D eigenvalue weighted by molar-refractivity contribution is 0.262. The molecular weight excluding hydrogens is 497 g/mol. The van der Waals surface area contributed by atoms with Gasteiger partial charge in [-0.2, -0.15) is 0 Å². The van der Waals surface area contributed by atoms with E-state index in [9.17, 15) is 17.6 Å². The van der Waals surface area contributed by atoms with E-state index in [0.29, 0.717) is 22.5 Å². The lowest BCUT2D eigenvalue weighted by Gasteiger charge is -2.15. The second-order valence-corrected chi connectivity index (χ2v) is 11.1. The SMILES string of the molecule is CC(C)(C)N=CC(=C(N)c1ccnc(N)n1)c1ccc(F)c(NC(=O)Nc2ccc(S(C)(=O)=O)cc2)c1. The average molecular weight is 526 g/mol. The normalized spacial score (nSPS) is 12.8. The number of carbonyl (C=O) groups excluding carboxylic acids is 1. The summed E-state index contributed by atoms with van der Waals surface area (Å²) in [5.41, 5.74) is 13.4. The Kier molecular flexibility index (Phi) is 7.92. The first kappa shape index (κ1) is 27.3. The number of nitrogens with two attached hydrogens (primary N) is 2. The summed E-state index contributed by atoms with van der Waals surface area (Å²) >= 11 is 0. The molecule has 3 rings (SSSR count). The first-order chi connectivity index (χ1) is 17.2. The number of nitrogen functional groups attached to an aromatic ring is 1. The molecule has 194 valence electrons. The molecule has 0 aliphatic rings. The molecule has 0 aliphatic heterocycles. The summed E-state index contributed by atoms with van der Waals surface area (Å²) in [6.07, 6.45) is 4.11. The lowest BCUT2D eigenvalue weighted by Crippen LogP contribution is -2.20. The fourth-order valence-electron chi connectivity index (χ4n) is 3.08. The molecule has 0 saturated carbocycles. The minimum absolute atomic E-state index is 0.0373. The summed E-state index contributed by atoms with van der Waals surface area (Å²) < 4.78 is 37.9. The van der Waals surface area contributed by atoms with Crippen LogP contribution in [0.5, 0.6) is 0 Å². The van der Waals surface area contributed by atoms with Crippen LogP contribution < -0.4 is 22.1 Å². The van der Waals surface area contributed by atoms with E-state index in [-0.39, 0.29) is 22.2 Å². The van der Waals surface area contributed by atoms with Gasteiger partial charge < -0.3 is 22.1 Å². The van der Waals surface area contributed by atoms with Crippen molar-refractivity contribution in [2.45, 2.75) is 31.2 Å². The monoisotopic (exact) mass is 525 g/mol. The number of amides is 2. The van der Waals surface area contributed by atoms with Crippen molar-refractivity contribution in [2.75, 3.05) is 22.6 Å². The summed E-state index contributed by atoms with van der Waals surface area (Å²) in [6.45, 7) is 5.72. The third-order valence-corrected chi connectivity index (χ3v) is 6.02. The maximum atomic E-state index is 14.6. The van der Waals surface area contributed by atoms with Crippen molar-refractivity contribution >= 4 is 50.7 Å². The number of allylic oxidation sites excluding steroid dienone is 1. The predicted octanol–water partition coefficient (Wildman–Crippen LogP) is 3.94. The molecule has 10 nitrogen and oxygen atoms in total. The highest BCUT2D eigenvalue weighted by Crippen LogP contribution is 2.26. The van der Waals surface area contributed by atoms with Crippen LogP contribution in [0, 0.1) is 5.82 Å².